The van der Waals surface area contributed by atoms with Gasteiger partial charge in [-0.1, -0.05) is 0 Å². The van der Waals surface area contributed by atoms with Crippen molar-refractivity contribution in [2.75, 3.05) is 13.2 Å². The summed E-state index contributed by atoms with van der Waals surface area (Å²) in [6.45, 7) is 2.12. The molecule has 3 atom stereocenters. The normalized spacial score (nSPS) is 17.8. The zero-order valence-electron chi connectivity index (χ0n) is 15.9. The van der Waals surface area contributed by atoms with E-state index in [0.29, 0.717) is 12.2 Å². The SMILES string of the molecule is CC(=O)N[C@@H](Cc1cc(F)cc(F)c1)[C@@H](O)CNC1CCOc2ccc(I)cc21. The molecule has 3 N–H and O–H groups in total. The van der Waals surface area contributed by atoms with Gasteiger partial charge in [-0.15, -0.1) is 0 Å². The third-order valence-electron chi connectivity index (χ3n) is 4.82. The number of rotatable bonds is 7. The van der Waals surface area contributed by atoms with E-state index in [4.69, 9.17) is 4.74 Å². The molecule has 156 valence electrons. The maximum absolute atomic E-state index is 13.5. The highest BCUT2D eigenvalue weighted by Gasteiger charge is 2.25. The Morgan fingerprint density at radius 1 is 1.28 bits per heavy atom. The van der Waals surface area contributed by atoms with Crippen molar-refractivity contribution >= 4 is 28.5 Å². The molecule has 0 bridgehead atoms. The van der Waals surface area contributed by atoms with Crippen LogP contribution in [0.1, 0.15) is 30.5 Å². The maximum atomic E-state index is 13.5. The van der Waals surface area contributed by atoms with Gasteiger partial charge >= 0.3 is 0 Å². The van der Waals surface area contributed by atoms with Crippen LogP contribution in [0.5, 0.6) is 5.75 Å². The molecule has 1 unspecified atom stereocenters. The molecule has 1 aliphatic heterocycles. The molecule has 1 amide bonds. The molecule has 0 saturated heterocycles. The van der Waals surface area contributed by atoms with Gasteiger partial charge in [0, 0.05) is 41.1 Å². The number of aliphatic hydroxyl groups is 1. The molecule has 2 aromatic carbocycles. The summed E-state index contributed by atoms with van der Waals surface area (Å²) in [6, 6.07) is 8.47. The second-order valence-electron chi connectivity index (χ2n) is 7.14. The molecule has 29 heavy (non-hydrogen) atoms. The first kappa shape index (κ1) is 21.9. The predicted molar refractivity (Wildman–Crippen MR) is 114 cm³/mol. The Kier molecular flexibility index (Phi) is 7.42. The van der Waals surface area contributed by atoms with Gasteiger partial charge in [0.25, 0.3) is 0 Å². The molecule has 0 fully saturated rings. The van der Waals surface area contributed by atoms with Crippen LogP contribution < -0.4 is 15.4 Å². The standard InChI is InChI=1S/C21H23F2IN2O3/c1-12(27)26-19(8-13-6-14(22)9-15(23)7-13)20(28)11-25-18-4-5-29-21-3-2-16(24)10-17(18)21/h2-3,6-7,9-10,18-20,25,28H,4-5,8,11H2,1H3,(H,26,27)/t18?,19-,20-/m0/s1. The summed E-state index contributed by atoms with van der Waals surface area (Å²) in [6.07, 6.45) is -0.0849. The minimum absolute atomic E-state index is 0.00714. The molecule has 8 heteroatoms. The lowest BCUT2D eigenvalue weighted by Crippen LogP contribution is -2.48. The van der Waals surface area contributed by atoms with E-state index in [9.17, 15) is 18.7 Å². The average Bonchev–Trinajstić information content (AvgIpc) is 2.64. The van der Waals surface area contributed by atoms with Crippen LogP contribution in [-0.2, 0) is 11.2 Å². The number of carbonyl (C=O) groups excluding carboxylic acids is 1. The molecule has 0 radical (unpaired) electrons. The average molecular weight is 516 g/mol. The van der Waals surface area contributed by atoms with Crippen molar-refractivity contribution in [1.82, 2.24) is 10.6 Å². The van der Waals surface area contributed by atoms with Crippen LogP contribution in [0.3, 0.4) is 0 Å². The Morgan fingerprint density at radius 2 is 2.00 bits per heavy atom. The molecule has 3 rings (SSSR count). The Morgan fingerprint density at radius 3 is 2.69 bits per heavy atom. The fourth-order valence-corrected chi connectivity index (χ4v) is 4.02. The number of ether oxygens (including phenoxy) is 1. The number of nitrogens with one attached hydrogen (secondary N) is 2. The summed E-state index contributed by atoms with van der Waals surface area (Å²) in [5.74, 6) is -0.889. The first-order valence-corrected chi connectivity index (χ1v) is 10.5. The molecular weight excluding hydrogens is 493 g/mol. The van der Waals surface area contributed by atoms with Gasteiger partial charge < -0.3 is 20.5 Å². The van der Waals surface area contributed by atoms with Crippen LogP contribution in [-0.4, -0.2) is 36.3 Å². The number of fused-ring (bicyclic) bond motifs is 1. The van der Waals surface area contributed by atoms with E-state index in [1.807, 2.05) is 18.2 Å². The minimum Gasteiger partial charge on any atom is -0.493 e. The van der Waals surface area contributed by atoms with Crippen LogP contribution >= 0.6 is 22.6 Å². The van der Waals surface area contributed by atoms with Gasteiger partial charge in [0.1, 0.15) is 17.4 Å². The highest BCUT2D eigenvalue weighted by Crippen LogP contribution is 2.33. The van der Waals surface area contributed by atoms with E-state index < -0.39 is 23.8 Å². The van der Waals surface area contributed by atoms with Crippen molar-refractivity contribution in [3.05, 3.63) is 62.7 Å². The van der Waals surface area contributed by atoms with Crippen LogP contribution in [0, 0.1) is 15.2 Å². The van der Waals surface area contributed by atoms with E-state index in [1.165, 1.54) is 19.1 Å². The summed E-state index contributed by atoms with van der Waals surface area (Å²) < 4.78 is 33.8. The zero-order chi connectivity index (χ0) is 21.0. The van der Waals surface area contributed by atoms with E-state index in [-0.39, 0.29) is 24.9 Å². The number of benzene rings is 2. The maximum Gasteiger partial charge on any atom is 0.217 e. The van der Waals surface area contributed by atoms with Crippen molar-refractivity contribution in [1.29, 1.82) is 0 Å². The summed E-state index contributed by atoms with van der Waals surface area (Å²) in [4.78, 5) is 11.6. The second kappa shape index (κ2) is 9.82. The smallest absolute Gasteiger partial charge is 0.217 e. The zero-order valence-corrected chi connectivity index (χ0v) is 18.1. The Hall–Kier alpha value is -1.78. The fourth-order valence-electron chi connectivity index (χ4n) is 3.51. The van der Waals surface area contributed by atoms with Crippen molar-refractivity contribution in [2.24, 2.45) is 0 Å². The Bertz CT molecular complexity index is 861. The summed E-state index contributed by atoms with van der Waals surface area (Å²) in [5, 5.41) is 16.7. The highest BCUT2D eigenvalue weighted by molar-refractivity contribution is 14.1. The van der Waals surface area contributed by atoms with Crippen molar-refractivity contribution in [2.45, 2.75) is 38.0 Å². The largest absolute Gasteiger partial charge is 0.493 e. The van der Waals surface area contributed by atoms with Crippen molar-refractivity contribution < 1.29 is 23.4 Å². The first-order chi connectivity index (χ1) is 13.8. The summed E-state index contributed by atoms with van der Waals surface area (Å²) in [5.41, 5.74) is 1.39. The van der Waals surface area contributed by atoms with Gasteiger partial charge in [-0.2, -0.15) is 0 Å². The Labute approximate surface area is 182 Å². The van der Waals surface area contributed by atoms with Gasteiger partial charge in [0.2, 0.25) is 5.91 Å². The van der Waals surface area contributed by atoms with Crippen LogP contribution in [0.15, 0.2) is 36.4 Å². The van der Waals surface area contributed by atoms with Crippen LogP contribution in [0.25, 0.3) is 0 Å². The number of carbonyl (C=O) groups is 1. The van der Waals surface area contributed by atoms with Gasteiger partial charge in [0.15, 0.2) is 0 Å². The van der Waals surface area contributed by atoms with E-state index >= 15 is 0 Å². The quantitative estimate of drug-likeness (QED) is 0.495. The lowest BCUT2D eigenvalue weighted by atomic mass is 9.98. The highest BCUT2D eigenvalue weighted by atomic mass is 127. The molecule has 0 aromatic heterocycles. The second-order valence-corrected chi connectivity index (χ2v) is 8.38. The fraction of sp³-hybridized carbons (Fsp3) is 0.381. The predicted octanol–water partition coefficient (Wildman–Crippen LogP) is 3.09. The first-order valence-electron chi connectivity index (χ1n) is 9.37. The minimum atomic E-state index is -0.945. The van der Waals surface area contributed by atoms with Crippen LogP contribution in [0.4, 0.5) is 8.78 Å². The third-order valence-corrected chi connectivity index (χ3v) is 5.49. The molecule has 1 heterocycles. The lowest BCUT2D eigenvalue weighted by Gasteiger charge is -2.30. The van der Waals surface area contributed by atoms with Gasteiger partial charge in [0.05, 0.1) is 18.8 Å². The van der Waals surface area contributed by atoms with Gasteiger partial charge in [-0.05, 0) is 64.9 Å². The van der Waals surface area contributed by atoms with Gasteiger partial charge in [-0.3, -0.25) is 4.79 Å². The van der Waals surface area contributed by atoms with Crippen molar-refractivity contribution in [3.8, 4) is 5.75 Å². The number of halogens is 3. The van der Waals surface area contributed by atoms with E-state index in [0.717, 1.165) is 27.4 Å². The topological polar surface area (TPSA) is 70.6 Å². The number of amides is 1. The number of aliphatic hydroxyl groups excluding tert-OH is 1. The molecule has 2 aromatic rings. The lowest BCUT2D eigenvalue weighted by molar-refractivity contribution is -0.120. The number of hydrogen-bond donors (Lipinski definition) is 3. The molecule has 0 saturated carbocycles. The van der Waals surface area contributed by atoms with Crippen molar-refractivity contribution in [3.63, 3.8) is 0 Å². The molecular formula is C21H23F2IN2O3. The van der Waals surface area contributed by atoms with E-state index in [2.05, 4.69) is 33.2 Å². The third kappa shape index (κ3) is 6.10. The summed E-state index contributed by atoms with van der Waals surface area (Å²) >= 11 is 2.24. The molecule has 1 aliphatic rings. The van der Waals surface area contributed by atoms with Crippen LogP contribution in [0.2, 0.25) is 0 Å². The molecule has 0 aliphatic carbocycles. The molecule has 5 nitrogen and oxygen atoms in total. The van der Waals surface area contributed by atoms with Gasteiger partial charge in [-0.25, -0.2) is 8.78 Å². The van der Waals surface area contributed by atoms with E-state index in [1.54, 1.807) is 0 Å². The Balaban J connectivity index is 1.68. The number of hydrogen-bond acceptors (Lipinski definition) is 4. The summed E-state index contributed by atoms with van der Waals surface area (Å²) in [7, 11) is 0. The molecule has 0 spiro atoms. The monoisotopic (exact) mass is 516 g/mol.